The first-order valence-corrected chi connectivity index (χ1v) is 14.1. The Kier molecular flexibility index (Phi) is 5.27. The van der Waals surface area contributed by atoms with Crippen molar-refractivity contribution in [1.29, 1.82) is 0 Å². The van der Waals surface area contributed by atoms with E-state index in [0.717, 1.165) is 44.7 Å². The van der Waals surface area contributed by atoms with Gasteiger partial charge in [0.1, 0.15) is 0 Å². The smallest absolute Gasteiger partial charge is 0.0825 e. The highest BCUT2D eigenvalue weighted by molar-refractivity contribution is 8.08. The lowest BCUT2D eigenvalue weighted by Crippen LogP contribution is -2.15. The number of hydrogen-bond donors (Lipinski definition) is 1. The summed E-state index contributed by atoms with van der Waals surface area (Å²) in [5, 5.41) is 3.27. The predicted octanol–water partition coefficient (Wildman–Crippen LogP) is 7.83. The van der Waals surface area contributed by atoms with Gasteiger partial charge in [-0.1, -0.05) is 50.2 Å². The molecular weight excluding hydrogens is 493 g/mol. The molecule has 0 amide bonds. The van der Waals surface area contributed by atoms with Crippen LogP contribution in [0.25, 0.3) is 49.1 Å². The van der Waals surface area contributed by atoms with Crippen LogP contribution in [0.3, 0.4) is 0 Å². The van der Waals surface area contributed by atoms with Gasteiger partial charge >= 0.3 is 0 Å². The molecule has 0 radical (unpaired) electrons. The monoisotopic (exact) mass is 516 g/mol. The highest BCUT2D eigenvalue weighted by Crippen LogP contribution is 2.50. The minimum atomic E-state index is -0.128. The molecule has 3 aromatic heterocycles. The van der Waals surface area contributed by atoms with Gasteiger partial charge < -0.3 is 5.32 Å². The van der Waals surface area contributed by atoms with Crippen LogP contribution in [0.1, 0.15) is 30.7 Å². The van der Waals surface area contributed by atoms with Crippen molar-refractivity contribution in [2.75, 3.05) is 5.88 Å². The number of nitrogens with one attached hydrogen (secondary N) is 1. The molecule has 0 bridgehead atoms. The molecule has 0 spiro atoms. The van der Waals surface area contributed by atoms with E-state index < -0.39 is 0 Å². The summed E-state index contributed by atoms with van der Waals surface area (Å²) in [6, 6.07) is 26.1. The van der Waals surface area contributed by atoms with Gasteiger partial charge in [0.05, 0.1) is 43.9 Å². The summed E-state index contributed by atoms with van der Waals surface area (Å²) >= 11 is 3.40. The molecule has 7 rings (SSSR count). The Labute approximate surface area is 224 Å². The fourth-order valence-electron chi connectivity index (χ4n) is 5.31. The average molecular weight is 517 g/mol. The number of fused-ring (bicyclic) bond motifs is 3. The average Bonchev–Trinajstić information content (AvgIpc) is 3.71. The Morgan fingerprint density at radius 3 is 1.97 bits per heavy atom. The van der Waals surface area contributed by atoms with Crippen LogP contribution in [0.15, 0.2) is 90.7 Å². The molecular formula is C31H24N4S2. The Morgan fingerprint density at radius 2 is 1.38 bits per heavy atom. The van der Waals surface area contributed by atoms with E-state index in [4.69, 9.17) is 9.97 Å². The molecule has 1 aliphatic heterocycles. The summed E-state index contributed by atoms with van der Waals surface area (Å²) in [7, 11) is 0. The molecule has 0 atom stereocenters. The first kappa shape index (κ1) is 22.5. The van der Waals surface area contributed by atoms with Crippen LogP contribution in [0, 0.1) is 0 Å². The molecule has 6 heteroatoms. The van der Waals surface area contributed by atoms with Crippen molar-refractivity contribution in [1.82, 2.24) is 20.3 Å². The van der Waals surface area contributed by atoms with Crippen molar-refractivity contribution in [3.63, 3.8) is 0 Å². The van der Waals surface area contributed by atoms with Crippen LogP contribution >= 0.6 is 23.1 Å². The van der Waals surface area contributed by atoms with E-state index in [1.54, 1.807) is 23.1 Å². The van der Waals surface area contributed by atoms with E-state index >= 15 is 0 Å². The zero-order chi connectivity index (χ0) is 25.0. The third kappa shape index (κ3) is 3.79. The molecule has 0 unspecified atom stereocenters. The fourth-order valence-corrected chi connectivity index (χ4v) is 6.65. The number of pyridine rings is 2. The van der Waals surface area contributed by atoms with Crippen molar-refractivity contribution in [2.45, 2.75) is 19.3 Å². The third-order valence-electron chi connectivity index (χ3n) is 7.25. The van der Waals surface area contributed by atoms with Crippen molar-refractivity contribution >= 4 is 28.0 Å². The zero-order valence-electron chi connectivity index (χ0n) is 20.5. The molecule has 5 aromatic rings. The molecule has 1 N–H and O–H groups in total. The van der Waals surface area contributed by atoms with Gasteiger partial charge in [-0.15, -0.1) is 23.1 Å². The van der Waals surface area contributed by atoms with Crippen LogP contribution in [0.2, 0.25) is 0 Å². The Morgan fingerprint density at radius 1 is 0.757 bits per heavy atom. The van der Waals surface area contributed by atoms with E-state index in [9.17, 15) is 0 Å². The number of benzene rings is 2. The molecule has 37 heavy (non-hydrogen) atoms. The Hall–Kier alpha value is -3.74. The number of thioether (sulfide) groups is 1. The summed E-state index contributed by atoms with van der Waals surface area (Å²) in [5.41, 5.74) is 13.3. The van der Waals surface area contributed by atoms with Crippen LogP contribution in [-0.2, 0) is 5.41 Å². The van der Waals surface area contributed by atoms with Crippen LogP contribution in [0.4, 0.5) is 0 Å². The van der Waals surface area contributed by atoms with Crippen molar-refractivity contribution in [3.05, 3.63) is 108 Å². The lowest BCUT2D eigenvalue weighted by molar-refractivity contribution is 0.661. The zero-order valence-corrected chi connectivity index (χ0v) is 22.2. The number of aromatic nitrogens is 3. The standard InChI is InChI=1S/C31H24N4S2/c1-31(2)23-13-19(25-5-3-7-27(34-25)29-15-32-17-36-29)9-11-21(23)22-12-10-20(14-24(22)31)26-6-4-8-28(35-26)30-16-33-18-37-30/h3-17,33H,18H2,1-2H3. The van der Waals surface area contributed by atoms with E-state index in [2.05, 4.69) is 97.1 Å². The highest BCUT2D eigenvalue weighted by Gasteiger charge is 2.36. The summed E-state index contributed by atoms with van der Waals surface area (Å²) < 4.78 is 0. The van der Waals surface area contributed by atoms with Gasteiger partial charge in [0.25, 0.3) is 0 Å². The van der Waals surface area contributed by atoms with Gasteiger partial charge in [-0.3, -0.25) is 4.98 Å². The van der Waals surface area contributed by atoms with E-state index in [-0.39, 0.29) is 5.41 Å². The molecule has 4 heterocycles. The highest BCUT2D eigenvalue weighted by atomic mass is 32.2. The van der Waals surface area contributed by atoms with Crippen molar-refractivity contribution in [3.8, 4) is 44.2 Å². The number of hydrogen-bond acceptors (Lipinski definition) is 6. The van der Waals surface area contributed by atoms with Crippen molar-refractivity contribution < 1.29 is 0 Å². The number of thiazole rings is 1. The van der Waals surface area contributed by atoms with Gasteiger partial charge in [-0.05, 0) is 58.7 Å². The summed E-state index contributed by atoms with van der Waals surface area (Å²) in [5.74, 6) is 0.902. The van der Waals surface area contributed by atoms with Crippen LogP contribution in [0.5, 0.6) is 0 Å². The summed E-state index contributed by atoms with van der Waals surface area (Å²) in [6.45, 7) is 4.64. The van der Waals surface area contributed by atoms with Gasteiger partial charge in [-0.25, -0.2) is 9.97 Å². The molecule has 2 aromatic carbocycles. The van der Waals surface area contributed by atoms with Gasteiger partial charge in [0.15, 0.2) is 0 Å². The molecule has 2 aliphatic rings. The first-order valence-electron chi connectivity index (χ1n) is 12.3. The quantitative estimate of drug-likeness (QED) is 0.264. The van der Waals surface area contributed by atoms with Crippen LogP contribution in [-0.4, -0.2) is 20.8 Å². The molecule has 1 aliphatic carbocycles. The largest absolute Gasteiger partial charge is 0.381 e. The van der Waals surface area contributed by atoms with Gasteiger partial charge in [-0.2, -0.15) is 0 Å². The van der Waals surface area contributed by atoms with E-state index in [0.29, 0.717) is 0 Å². The van der Waals surface area contributed by atoms with E-state index in [1.165, 1.54) is 27.2 Å². The second-order valence-electron chi connectivity index (χ2n) is 9.83. The fraction of sp³-hybridized carbons (Fsp3) is 0.129. The first-order chi connectivity index (χ1) is 18.1. The SMILES string of the molecule is CC1(C)c2cc(-c3cccc(C4=CNCS4)n3)ccc2-c2ccc(-c3cccc(-c4cncs4)n3)cc21. The lowest BCUT2D eigenvalue weighted by Gasteiger charge is -2.22. The molecule has 4 nitrogen and oxygen atoms in total. The lowest BCUT2D eigenvalue weighted by atomic mass is 9.81. The molecule has 0 saturated heterocycles. The summed E-state index contributed by atoms with van der Waals surface area (Å²) in [6.07, 6.45) is 3.93. The minimum Gasteiger partial charge on any atom is -0.381 e. The van der Waals surface area contributed by atoms with Crippen LogP contribution < -0.4 is 5.32 Å². The number of nitrogens with zero attached hydrogens (tertiary/aromatic N) is 3. The predicted molar refractivity (Wildman–Crippen MR) is 155 cm³/mol. The van der Waals surface area contributed by atoms with Gasteiger partial charge in [0, 0.05) is 28.9 Å². The number of rotatable bonds is 4. The van der Waals surface area contributed by atoms with Crippen molar-refractivity contribution in [2.24, 2.45) is 0 Å². The normalized spacial score (nSPS) is 15.1. The second kappa shape index (κ2) is 8.68. The maximum absolute atomic E-state index is 4.99. The molecule has 0 saturated carbocycles. The third-order valence-corrected chi connectivity index (χ3v) is 8.99. The maximum atomic E-state index is 4.99. The Bertz CT molecular complexity index is 1690. The summed E-state index contributed by atoms with van der Waals surface area (Å²) in [4.78, 5) is 16.4. The second-order valence-corrected chi connectivity index (χ2v) is 11.7. The van der Waals surface area contributed by atoms with Gasteiger partial charge in [0.2, 0.25) is 0 Å². The van der Waals surface area contributed by atoms with E-state index in [1.807, 2.05) is 17.8 Å². The molecule has 0 fully saturated rings. The Balaban J connectivity index is 1.27. The minimum absolute atomic E-state index is 0.128. The molecule has 180 valence electrons. The maximum Gasteiger partial charge on any atom is 0.0825 e. The topological polar surface area (TPSA) is 50.7 Å².